The van der Waals surface area contributed by atoms with Crippen molar-refractivity contribution in [2.24, 2.45) is 5.92 Å². The van der Waals surface area contributed by atoms with E-state index in [1.807, 2.05) is 18.2 Å². The van der Waals surface area contributed by atoms with Crippen molar-refractivity contribution in [2.45, 2.75) is 25.7 Å². The fourth-order valence-electron chi connectivity index (χ4n) is 2.89. The lowest BCUT2D eigenvalue weighted by Gasteiger charge is -2.20. The third kappa shape index (κ3) is 1.99. The minimum Gasteiger partial charge on any atom is -0.481 e. The lowest BCUT2D eigenvalue weighted by Crippen LogP contribution is -2.16. The average Bonchev–Trinajstić information content (AvgIpc) is 2.65. The zero-order valence-corrected chi connectivity index (χ0v) is 10.6. The fraction of sp³-hybridized carbons (Fsp3) is 0.357. The van der Waals surface area contributed by atoms with Crippen molar-refractivity contribution in [1.82, 2.24) is 4.98 Å². The summed E-state index contributed by atoms with van der Waals surface area (Å²) in [5.41, 5.74) is 3.58. The van der Waals surface area contributed by atoms with Crippen LogP contribution in [-0.4, -0.2) is 16.1 Å². The molecule has 1 aliphatic rings. The molecule has 1 heterocycles. The summed E-state index contributed by atoms with van der Waals surface area (Å²) in [5.74, 6) is -0.448. The van der Waals surface area contributed by atoms with Gasteiger partial charge in [-0.15, -0.1) is 0 Å². The van der Waals surface area contributed by atoms with Gasteiger partial charge in [0.1, 0.15) is 0 Å². The highest BCUT2D eigenvalue weighted by molar-refractivity contribution is 6.31. The van der Waals surface area contributed by atoms with E-state index in [1.165, 1.54) is 16.6 Å². The number of halogens is 1. The van der Waals surface area contributed by atoms with Crippen LogP contribution >= 0.6 is 11.6 Å². The maximum absolute atomic E-state index is 10.8. The summed E-state index contributed by atoms with van der Waals surface area (Å²) in [6, 6.07) is 5.84. The van der Waals surface area contributed by atoms with Crippen molar-refractivity contribution in [3.8, 4) is 0 Å². The number of aromatic amines is 1. The van der Waals surface area contributed by atoms with Crippen LogP contribution in [0.3, 0.4) is 0 Å². The molecule has 1 unspecified atom stereocenters. The highest BCUT2D eigenvalue weighted by atomic mass is 35.5. The Bertz CT molecular complexity index is 618. The first-order chi connectivity index (χ1) is 8.63. The average molecular weight is 264 g/mol. The van der Waals surface area contributed by atoms with E-state index < -0.39 is 5.97 Å². The molecule has 18 heavy (non-hydrogen) atoms. The Morgan fingerprint density at radius 3 is 3.11 bits per heavy atom. The second-order valence-corrected chi connectivity index (χ2v) is 5.42. The number of benzene rings is 1. The number of H-pyrrole nitrogens is 1. The molecule has 0 saturated carbocycles. The van der Waals surface area contributed by atoms with Crippen molar-refractivity contribution in [3.63, 3.8) is 0 Å². The predicted octanol–water partition coefficient (Wildman–Crippen LogP) is 3.40. The van der Waals surface area contributed by atoms with Gasteiger partial charge in [-0.25, -0.2) is 0 Å². The molecule has 3 rings (SSSR count). The van der Waals surface area contributed by atoms with E-state index in [1.54, 1.807) is 0 Å². The topological polar surface area (TPSA) is 53.1 Å². The Balaban J connectivity index is 1.99. The van der Waals surface area contributed by atoms with Gasteiger partial charge in [-0.3, -0.25) is 4.79 Å². The van der Waals surface area contributed by atoms with Gasteiger partial charge >= 0.3 is 5.97 Å². The van der Waals surface area contributed by atoms with E-state index in [9.17, 15) is 4.79 Å². The highest BCUT2D eigenvalue weighted by Gasteiger charge is 2.24. The normalized spacial score (nSPS) is 18.8. The summed E-state index contributed by atoms with van der Waals surface area (Å²) in [6.45, 7) is 0. The first kappa shape index (κ1) is 11.6. The first-order valence-corrected chi connectivity index (χ1v) is 6.52. The summed E-state index contributed by atoms with van der Waals surface area (Å²) in [7, 11) is 0. The molecule has 2 aromatic rings. The number of carboxylic acid groups (broad SMARTS) is 1. The van der Waals surface area contributed by atoms with Gasteiger partial charge in [0, 0.05) is 28.0 Å². The summed E-state index contributed by atoms with van der Waals surface area (Å²) in [4.78, 5) is 14.2. The monoisotopic (exact) mass is 263 g/mol. The first-order valence-electron chi connectivity index (χ1n) is 6.14. The molecule has 1 aliphatic carbocycles. The highest BCUT2D eigenvalue weighted by Crippen LogP contribution is 2.33. The van der Waals surface area contributed by atoms with E-state index in [0.717, 1.165) is 29.8 Å². The fourth-order valence-corrected chi connectivity index (χ4v) is 3.06. The van der Waals surface area contributed by atoms with Gasteiger partial charge in [-0.05, 0) is 42.9 Å². The van der Waals surface area contributed by atoms with Crippen LogP contribution in [0, 0.1) is 5.92 Å². The standard InChI is InChI=1S/C14H14ClNO2/c15-9-2-3-10-11-5-8(6-14(17)18)1-4-12(11)16-13(10)7-9/h2-3,7-8,16H,1,4-6H2,(H,17,18). The minimum atomic E-state index is -0.702. The Kier molecular flexibility index (Phi) is 2.78. The van der Waals surface area contributed by atoms with Crippen molar-refractivity contribution in [3.05, 3.63) is 34.5 Å². The molecule has 1 atom stereocenters. The lowest BCUT2D eigenvalue weighted by molar-refractivity contribution is -0.138. The van der Waals surface area contributed by atoms with Gasteiger partial charge in [-0.2, -0.15) is 0 Å². The maximum atomic E-state index is 10.8. The lowest BCUT2D eigenvalue weighted by atomic mass is 9.84. The van der Waals surface area contributed by atoms with Crippen molar-refractivity contribution >= 4 is 28.5 Å². The second-order valence-electron chi connectivity index (χ2n) is 4.98. The molecular weight excluding hydrogens is 250 g/mol. The predicted molar refractivity (Wildman–Crippen MR) is 71.1 cm³/mol. The van der Waals surface area contributed by atoms with Crippen LogP contribution in [0.2, 0.25) is 5.02 Å². The van der Waals surface area contributed by atoms with E-state index in [4.69, 9.17) is 16.7 Å². The number of aryl methyl sites for hydroxylation is 1. The molecule has 0 fully saturated rings. The zero-order valence-electron chi connectivity index (χ0n) is 9.87. The Morgan fingerprint density at radius 1 is 1.50 bits per heavy atom. The summed E-state index contributed by atoms with van der Waals surface area (Å²) >= 11 is 5.98. The summed E-state index contributed by atoms with van der Waals surface area (Å²) < 4.78 is 0. The van der Waals surface area contributed by atoms with Gasteiger partial charge in [-0.1, -0.05) is 17.7 Å². The molecule has 0 amide bonds. The molecule has 0 aliphatic heterocycles. The largest absolute Gasteiger partial charge is 0.481 e. The summed E-state index contributed by atoms with van der Waals surface area (Å²) in [5, 5.41) is 10.8. The SMILES string of the molecule is O=C(O)CC1CCc2[nH]c3cc(Cl)ccc3c2C1. The van der Waals surface area contributed by atoms with Crippen LogP contribution in [0.1, 0.15) is 24.1 Å². The minimum absolute atomic E-state index is 0.254. The molecule has 94 valence electrons. The summed E-state index contributed by atoms with van der Waals surface area (Å²) in [6.07, 6.45) is 2.99. The zero-order chi connectivity index (χ0) is 12.7. The van der Waals surface area contributed by atoms with E-state index in [2.05, 4.69) is 4.98 Å². The molecule has 0 bridgehead atoms. The molecule has 1 aromatic carbocycles. The quantitative estimate of drug-likeness (QED) is 0.872. The van der Waals surface area contributed by atoms with Crippen LogP contribution in [0.4, 0.5) is 0 Å². The Labute approximate surface area is 110 Å². The molecule has 1 aromatic heterocycles. The number of hydrogen-bond donors (Lipinski definition) is 2. The number of carboxylic acids is 1. The van der Waals surface area contributed by atoms with Gasteiger partial charge in [0.2, 0.25) is 0 Å². The molecule has 0 spiro atoms. The van der Waals surface area contributed by atoms with Crippen molar-refractivity contribution < 1.29 is 9.90 Å². The van der Waals surface area contributed by atoms with Crippen molar-refractivity contribution in [1.29, 1.82) is 0 Å². The number of nitrogens with one attached hydrogen (secondary N) is 1. The van der Waals surface area contributed by atoms with Crippen LogP contribution in [0.25, 0.3) is 10.9 Å². The Hall–Kier alpha value is -1.48. The maximum Gasteiger partial charge on any atom is 0.303 e. The molecule has 4 heteroatoms. The molecule has 0 saturated heterocycles. The number of rotatable bonds is 2. The van der Waals surface area contributed by atoms with Gasteiger partial charge < -0.3 is 10.1 Å². The van der Waals surface area contributed by atoms with Crippen LogP contribution in [0.5, 0.6) is 0 Å². The second kappa shape index (κ2) is 4.32. The van der Waals surface area contributed by atoms with Gasteiger partial charge in [0.05, 0.1) is 0 Å². The number of hydrogen-bond acceptors (Lipinski definition) is 1. The smallest absolute Gasteiger partial charge is 0.303 e. The molecule has 3 nitrogen and oxygen atoms in total. The number of aliphatic carboxylic acids is 1. The number of aromatic nitrogens is 1. The number of carbonyl (C=O) groups is 1. The third-order valence-electron chi connectivity index (χ3n) is 3.72. The Morgan fingerprint density at radius 2 is 2.33 bits per heavy atom. The van der Waals surface area contributed by atoms with E-state index in [0.29, 0.717) is 0 Å². The van der Waals surface area contributed by atoms with Crippen LogP contribution in [0.15, 0.2) is 18.2 Å². The van der Waals surface area contributed by atoms with E-state index >= 15 is 0 Å². The molecular formula is C14H14ClNO2. The molecule has 2 N–H and O–H groups in total. The third-order valence-corrected chi connectivity index (χ3v) is 3.95. The van der Waals surface area contributed by atoms with Gasteiger partial charge in [0.15, 0.2) is 0 Å². The number of fused-ring (bicyclic) bond motifs is 3. The molecule has 0 radical (unpaired) electrons. The van der Waals surface area contributed by atoms with E-state index in [-0.39, 0.29) is 12.3 Å². The van der Waals surface area contributed by atoms with Gasteiger partial charge in [0.25, 0.3) is 0 Å². The van der Waals surface area contributed by atoms with Crippen molar-refractivity contribution in [2.75, 3.05) is 0 Å². The van der Waals surface area contributed by atoms with Crippen LogP contribution < -0.4 is 0 Å². The van der Waals surface area contributed by atoms with Crippen LogP contribution in [-0.2, 0) is 17.6 Å².